The quantitative estimate of drug-likeness (QED) is 0.841. The molecule has 6 heteroatoms. The molecule has 2 amide bonds. The van der Waals surface area contributed by atoms with Crippen molar-refractivity contribution in [3.63, 3.8) is 0 Å². The summed E-state index contributed by atoms with van der Waals surface area (Å²) in [6.07, 6.45) is 2.66. The van der Waals surface area contributed by atoms with Gasteiger partial charge >= 0.3 is 12.2 Å². The van der Waals surface area contributed by atoms with Gasteiger partial charge in [0, 0.05) is 13.1 Å². The zero-order valence-electron chi connectivity index (χ0n) is 12.5. The molecule has 0 saturated carbocycles. The molecule has 0 radical (unpaired) electrons. The molecule has 0 unspecified atom stereocenters. The molecular formula is C16H20N2O4. The summed E-state index contributed by atoms with van der Waals surface area (Å²) in [6, 6.07) is 9.38. The van der Waals surface area contributed by atoms with Gasteiger partial charge in [-0.15, -0.1) is 0 Å². The minimum Gasteiger partial charge on any atom is -0.465 e. The number of carbonyl (C=O) groups is 2. The fourth-order valence-electron chi connectivity index (χ4n) is 2.34. The summed E-state index contributed by atoms with van der Waals surface area (Å²) in [6.45, 7) is 2.53. The normalized spacial score (nSPS) is 21.0. The molecule has 0 spiro atoms. The molecule has 1 aromatic rings. The standard InChI is InChI=1S/C16H20N2O4/c1-16(9-5-6-10-18(12-16)15(20)21)17-14(19)22-11-13-7-3-2-4-8-13/h2-8H,9-12H2,1H3,(H,17,19)(H,20,21)/t16-/m1/s1. The van der Waals surface area contributed by atoms with Gasteiger partial charge in [-0.1, -0.05) is 42.5 Å². The molecule has 0 aromatic heterocycles. The minimum atomic E-state index is -1.00. The molecule has 1 aliphatic heterocycles. The second-order valence-electron chi connectivity index (χ2n) is 5.59. The molecule has 6 nitrogen and oxygen atoms in total. The zero-order valence-corrected chi connectivity index (χ0v) is 12.5. The van der Waals surface area contributed by atoms with E-state index in [0.29, 0.717) is 13.0 Å². The predicted octanol–water partition coefficient (Wildman–Crippen LogP) is 2.61. The third-order valence-corrected chi connectivity index (χ3v) is 3.49. The smallest absolute Gasteiger partial charge is 0.407 e. The summed E-state index contributed by atoms with van der Waals surface area (Å²) in [7, 11) is 0. The van der Waals surface area contributed by atoms with Gasteiger partial charge in [0.25, 0.3) is 0 Å². The molecule has 2 N–H and O–H groups in total. The van der Waals surface area contributed by atoms with Crippen molar-refractivity contribution in [1.29, 1.82) is 0 Å². The first-order valence-corrected chi connectivity index (χ1v) is 7.10. The topological polar surface area (TPSA) is 78.9 Å². The van der Waals surface area contributed by atoms with E-state index >= 15 is 0 Å². The number of nitrogens with one attached hydrogen (secondary N) is 1. The van der Waals surface area contributed by atoms with Gasteiger partial charge in [-0.3, -0.25) is 0 Å². The van der Waals surface area contributed by atoms with Crippen LogP contribution in [0.4, 0.5) is 9.59 Å². The summed E-state index contributed by atoms with van der Waals surface area (Å²) in [5.74, 6) is 0. The lowest BCUT2D eigenvalue weighted by Crippen LogP contribution is -2.53. The van der Waals surface area contributed by atoms with Crippen LogP contribution in [0.3, 0.4) is 0 Å². The van der Waals surface area contributed by atoms with Crippen LogP contribution in [0.25, 0.3) is 0 Å². The Hall–Kier alpha value is -2.50. The third kappa shape index (κ3) is 4.51. The lowest BCUT2D eigenvalue weighted by Gasteiger charge is -2.32. The van der Waals surface area contributed by atoms with Crippen LogP contribution in [0.5, 0.6) is 0 Å². The Morgan fingerprint density at radius 2 is 2.05 bits per heavy atom. The molecule has 1 aromatic carbocycles. The Balaban J connectivity index is 1.91. The van der Waals surface area contributed by atoms with Crippen molar-refractivity contribution in [3.05, 3.63) is 48.0 Å². The first kappa shape index (κ1) is 15.9. The zero-order chi connectivity index (χ0) is 16.0. The number of hydrogen-bond donors (Lipinski definition) is 2. The van der Waals surface area contributed by atoms with Crippen LogP contribution >= 0.6 is 0 Å². The molecular weight excluding hydrogens is 284 g/mol. The van der Waals surface area contributed by atoms with Gasteiger partial charge in [-0.05, 0) is 18.9 Å². The van der Waals surface area contributed by atoms with E-state index in [1.807, 2.05) is 43.3 Å². The minimum absolute atomic E-state index is 0.182. The van der Waals surface area contributed by atoms with Crippen LogP contribution in [-0.2, 0) is 11.3 Å². The number of ether oxygens (including phenoxy) is 1. The van der Waals surface area contributed by atoms with E-state index in [2.05, 4.69) is 5.32 Å². The number of alkyl carbamates (subject to hydrolysis) is 1. The van der Waals surface area contributed by atoms with E-state index in [9.17, 15) is 9.59 Å². The first-order valence-electron chi connectivity index (χ1n) is 7.10. The van der Waals surface area contributed by atoms with E-state index in [0.717, 1.165) is 5.56 Å². The van der Waals surface area contributed by atoms with Gasteiger partial charge < -0.3 is 20.1 Å². The first-order chi connectivity index (χ1) is 10.5. The Morgan fingerprint density at radius 1 is 1.32 bits per heavy atom. The number of nitrogens with zero attached hydrogens (tertiary/aromatic N) is 1. The average Bonchev–Trinajstić information content (AvgIpc) is 2.68. The van der Waals surface area contributed by atoms with Gasteiger partial charge in [-0.25, -0.2) is 9.59 Å². The Labute approximate surface area is 129 Å². The number of hydrogen-bond acceptors (Lipinski definition) is 3. The molecule has 1 heterocycles. The second kappa shape index (κ2) is 6.98. The fraction of sp³-hybridized carbons (Fsp3) is 0.375. The highest BCUT2D eigenvalue weighted by Crippen LogP contribution is 2.17. The highest BCUT2D eigenvalue weighted by atomic mass is 16.5. The molecule has 0 aliphatic carbocycles. The fourth-order valence-corrected chi connectivity index (χ4v) is 2.34. The number of benzene rings is 1. The summed E-state index contributed by atoms with van der Waals surface area (Å²) in [5.41, 5.74) is 0.217. The van der Waals surface area contributed by atoms with E-state index in [1.165, 1.54) is 4.90 Å². The SMILES string of the molecule is C[C@@]1(NC(=O)OCc2ccccc2)CC=CCN(C(=O)O)C1. The van der Waals surface area contributed by atoms with Gasteiger partial charge in [0.2, 0.25) is 0 Å². The highest BCUT2D eigenvalue weighted by molar-refractivity contribution is 5.69. The Kier molecular flexibility index (Phi) is 5.04. The van der Waals surface area contributed by atoms with Crippen molar-refractivity contribution >= 4 is 12.2 Å². The lowest BCUT2D eigenvalue weighted by molar-refractivity contribution is 0.113. The molecule has 22 heavy (non-hydrogen) atoms. The molecule has 1 aliphatic rings. The maximum Gasteiger partial charge on any atom is 0.407 e. The maximum atomic E-state index is 12.0. The summed E-state index contributed by atoms with van der Waals surface area (Å²) in [5, 5.41) is 11.9. The van der Waals surface area contributed by atoms with Crippen LogP contribution in [0, 0.1) is 0 Å². The predicted molar refractivity (Wildman–Crippen MR) is 81.5 cm³/mol. The second-order valence-corrected chi connectivity index (χ2v) is 5.59. The van der Waals surface area contributed by atoms with Crippen LogP contribution in [0.2, 0.25) is 0 Å². The molecule has 2 rings (SSSR count). The molecule has 0 fully saturated rings. The summed E-state index contributed by atoms with van der Waals surface area (Å²) in [4.78, 5) is 24.4. The monoisotopic (exact) mass is 304 g/mol. The maximum absolute atomic E-state index is 12.0. The lowest BCUT2D eigenvalue weighted by atomic mass is 9.98. The molecule has 0 saturated heterocycles. The average molecular weight is 304 g/mol. The van der Waals surface area contributed by atoms with Crippen molar-refractivity contribution in [3.8, 4) is 0 Å². The van der Waals surface area contributed by atoms with E-state index in [4.69, 9.17) is 9.84 Å². The number of amides is 2. The Bertz CT molecular complexity index is 559. The third-order valence-electron chi connectivity index (χ3n) is 3.49. The summed E-state index contributed by atoms with van der Waals surface area (Å²) < 4.78 is 5.19. The van der Waals surface area contributed by atoms with Gasteiger partial charge in [0.15, 0.2) is 0 Å². The summed E-state index contributed by atoms with van der Waals surface area (Å²) >= 11 is 0. The van der Waals surface area contributed by atoms with Crippen molar-refractivity contribution in [1.82, 2.24) is 10.2 Å². The highest BCUT2D eigenvalue weighted by Gasteiger charge is 2.31. The van der Waals surface area contributed by atoms with E-state index in [1.54, 1.807) is 6.08 Å². The van der Waals surface area contributed by atoms with Gasteiger partial charge in [-0.2, -0.15) is 0 Å². The number of carbonyl (C=O) groups excluding carboxylic acids is 1. The molecule has 118 valence electrons. The Morgan fingerprint density at radius 3 is 2.73 bits per heavy atom. The molecule has 1 atom stereocenters. The van der Waals surface area contributed by atoms with Crippen molar-refractivity contribution in [2.75, 3.05) is 13.1 Å². The number of rotatable bonds is 3. The van der Waals surface area contributed by atoms with E-state index < -0.39 is 17.7 Å². The van der Waals surface area contributed by atoms with Crippen LogP contribution < -0.4 is 5.32 Å². The van der Waals surface area contributed by atoms with Gasteiger partial charge in [0.05, 0.1) is 5.54 Å². The van der Waals surface area contributed by atoms with Crippen LogP contribution in [-0.4, -0.2) is 40.8 Å². The van der Waals surface area contributed by atoms with Crippen molar-refractivity contribution in [2.24, 2.45) is 0 Å². The van der Waals surface area contributed by atoms with Crippen LogP contribution in [0.15, 0.2) is 42.5 Å². The van der Waals surface area contributed by atoms with E-state index in [-0.39, 0.29) is 13.2 Å². The largest absolute Gasteiger partial charge is 0.465 e. The van der Waals surface area contributed by atoms with Gasteiger partial charge in [0.1, 0.15) is 6.61 Å². The van der Waals surface area contributed by atoms with Crippen molar-refractivity contribution < 1.29 is 19.4 Å². The van der Waals surface area contributed by atoms with Crippen molar-refractivity contribution in [2.45, 2.75) is 25.5 Å². The number of carboxylic acid groups (broad SMARTS) is 1. The molecule has 0 bridgehead atoms. The van der Waals surface area contributed by atoms with Crippen LogP contribution in [0.1, 0.15) is 18.9 Å².